The first-order valence-electron chi connectivity index (χ1n) is 9.95. The quantitative estimate of drug-likeness (QED) is 0.387. The molecule has 1 aliphatic rings. The topological polar surface area (TPSA) is 43.4 Å². The zero-order valence-corrected chi connectivity index (χ0v) is 15.6. The fourth-order valence-corrected chi connectivity index (χ4v) is 3.57. The van der Waals surface area contributed by atoms with Crippen molar-refractivity contribution in [1.82, 2.24) is 0 Å². The molecule has 0 unspecified atom stereocenters. The van der Waals surface area contributed by atoms with E-state index < -0.39 is 0 Å². The van der Waals surface area contributed by atoms with Crippen molar-refractivity contribution in [2.75, 3.05) is 6.61 Å². The number of hydrogen-bond acceptors (Lipinski definition) is 3. The van der Waals surface area contributed by atoms with Crippen LogP contribution in [0.25, 0.3) is 0 Å². The SMILES string of the molecule is CCCCCCCCCCOc1ccccc1C1CC(=O)CC(=O)C1. The predicted octanol–water partition coefficient (Wildman–Crippen LogP) is 5.61. The molecule has 138 valence electrons. The van der Waals surface area contributed by atoms with Gasteiger partial charge in [-0.25, -0.2) is 0 Å². The molecule has 0 spiro atoms. The van der Waals surface area contributed by atoms with Crippen LogP contribution in [0.2, 0.25) is 0 Å². The molecule has 0 amide bonds. The molecule has 0 aliphatic heterocycles. The first kappa shape index (κ1) is 19.7. The Morgan fingerprint density at radius 3 is 2.16 bits per heavy atom. The third kappa shape index (κ3) is 7.01. The van der Waals surface area contributed by atoms with Gasteiger partial charge in [-0.3, -0.25) is 9.59 Å². The van der Waals surface area contributed by atoms with Gasteiger partial charge in [-0.1, -0.05) is 70.1 Å². The van der Waals surface area contributed by atoms with Gasteiger partial charge in [0.15, 0.2) is 0 Å². The lowest BCUT2D eigenvalue weighted by atomic mass is 9.82. The molecule has 2 rings (SSSR count). The summed E-state index contributed by atoms with van der Waals surface area (Å²) in [6, 6.07) is 7.88. The van der Waals surface area contributed by atoms with Crippen molar-refractivity contribution < 1.29 is 14.3 Å². The molecule has 3 nitrogen and oxygen atoms in total. The molecule has 0 saturated heterocycles. The molecule has 0 atom stereocenters. The summed E-state index contributed by atoms with van der Waals surface area (Å²) in [7, 11) is 0. The number of Topliss-reactive ketones (excluding diaryl/α,β-unsaturated/α-hetero) is 2. The summed E-state index contributed by atoms with van der Waals surface area (Å²) in [6.45, 7) is 2.95. The van der Waals surface area contributed by atoms with Crippen LogP contribution in [0.1, 0.15) is 89.0 Å². The van der Waals surface area contributed by atoms with Crippen molar-refractivity contribution in [1.29, 1.82) is 0 Å². The second-order valence-electron chi connectivity index (χ2n) is 7.22. The van der Waals surface area contributed by atoms with E-state index in [1.807, 2.05) is 24.3 Å². The summed E-state index contributed by atoms with van der Waals surface area (Å²) in [5, 5.41) is 0. The van der Waals surface area contributed by atoms with Crippen LogP contribution in [0.5, 0.6) is 5.75 Å². The monoisotopic (exact) mass is 344 g/mol. The number of carbonyl (C=O) groups is 2. The maximum absolute atomic E-state index is 11.7. The Morgan fingerprint density at radius 2 is 1.48 bits per heavy atom. The number of ketones is 2. The van der Waals surface area contributed by atoms with Crippen LogP contribution in [0.15, 0.2) is 24.3 Å². The number of carbonyl (C=O) groups excluding carboxylic acids is 2. The Balaban J connectivity index is 1.73. The molecule has 0 bridgehead atoms. The number of ether oxygens (including phenoxy) is 1. The molecule has 0 radical (unpaired) electrons. The standard InChI is InChI=1S/C22H32O3/c1-2-3-4-5-6-7-8-11-14-25-22-13-10-9-12-21(22)18-15-19(23)17-20(24)16-18/h9-10,12-13,18H,2-8,11,14-17H2,1H3. The Bertz CT molecular complexity index is 534. The van der Waals surface area contributed by atoms with Gasteiger partial charge < -0.3 is 4.74 Å². The molecule has 3 heteroatoms. The zero-order chi connectivity index (χ0) is 17.9. The van der Waals surface area contributed by atoms with E-state index in [4.69, 9.17) is 4.74 Å². The van der Waals surface area contributed by atoms with Gasteiger partial charge >= 0.3 is 0 Å². The number of hydrogen-bond donors (Lipinski definition) is 0. The van der Waals surface area contributed by atoms with E-state index in [0.29, 0.717) is 19.4 Å². The molecular formula is C22H32O3. The van der Waals surface area contributed by atoms with Gasteiger partial charge in [-0.2, -0.15) is 0 Å². The Morgan fingerprint density at radius 1 is 0.880 bits per heavy atom. The van der Waals surface area contributed by atoms with Gasteiger partial charge in [0.1, 0.15) is 17.3 Å². The van der Waals surface area contributed by atoms with E-state index in [9.17, 15) is 9.59 Å². The van der Waals surface area contributed by atoms with Crippen molar-refractivity contribution in [3.05, 3.63) is 29.8 Å². The molecule has 1 fully saturated rings. The van der Waals surface area contributed by atoms with Crippen molar-refractivity contribution >= 4 is 11.6 Å². The van der Waals surface area contributed by atoms with Crippen LogP contribution in [0, 0.1) is 0 Å². The first-order chi connectivity index (χ1) is 12.2. The van der Waals surface area contributed by atoms with Crippen LogP contribution < -0.4 is 4.74 Å². The molecule has 1 aromatic carbocycles. The van der Waals surface area contributed by atoms with E-state index in [0.717, 1.165) is 17.7 Å². The van der Waals surface area contributed by atoms with E-state index in [-0.39, 0.29) is 23.9 Å². The molecule has 1 aliphatic carbocycles. The largest absolute Gasteiger partial charge is 0.493 e. The average Bonchev–Trinajstić information content (AvgIpc) is 2.60. The van der Waals surface area contributed by atoms with Gasteiger partial charge in [0.05, 0.1) is 13.0 Å². The lowest BCUT2D eigenvalue weighted by molar-refractivity contribution is -0.130. The van der Waals surface area contributed by atoms with Crippen LogP contribution in [0.4, 0.5) is 0 Å². The van der Waals surface area contributed by atoms with Gasteiger partial charge in [0.2, 0.25) is 0 Å². The predicted molar refractivity (Wildman–Crippen MR) is 101 cm³/mol. The minimum absolute atomic E-state index is 0.0106. The number of rotatable bonds is 11. The third-order valence-corrected chi connectivity index (χ3v) is 4.96. The third-order valence-electron chi connectivity index (χ3n) is 4.96. The summed E-state index contributed by atoms with van der Waals surface area (Å²) in [4.78, 5) is 23.5. The van der Waals surface area contributed by atoms with E-state index in [1.165, 1.54) is 44.9 Å². The highest BCUT2D eigenvalue weighted by molar-refractivity contribution is 6.02. The van der Waals surface area contributed by atoms with Crippen molar-refractivity contribution in [2.45, 2.75) is 83.5 Å². The van der Waals surface area contributed by atoms with E-state index in [1.54, 1.807) is 0 Å². The molecule has 1 aromatic rings. The zero-order valence-electron chi connectivity index (χ0n) is 15.6. The Labute approximate surface area is 152 Å². The molecule has 25 heavy (non-hydrogen) atoms. The summed E-state index contributed by atoms with van der Waals surface area (Å²) in [5.74, 6) is 0.944. The van der Waals surface area contributed by atoms with E-state index in [2.05, 4.69) is 6.92 Å². The lowest BCUT2D eigenvalue weighted by Gasteiger charge is -2.22. The van der Waals surface area contributed by atoms with Crippen LogP contribution in [-0.4, -0.2) is 18.2 Å². The maximum atomic E-state index is 11.7. The fourth-order valence-electron chi connectivity index (χ4n) is 3.57. The summed E-state index contributed by atoms with van der Waals surface area (Å²) >= 11 is 0. The highest BCUT2D eigenvalue weighted by atomic mass is 16.5. The second-order valence-corrected chi connectivity index (χ2v) is 7.22. The highest BCUT2D eigenvalue weighted by Crippen LogP contribution is 2.35. The smallest absolute Gasteiger partial charge is 0.140 e. The normalized spacial score (nSPS) is 15.6. The van der Waals surface area contributed by atoms with Crippen LogP contribution in [-0.2, 0) is 9.59 Å². The molecule has 0 heterocycles. The second kappa shape index (κ2) is 11.1. The average molecular weight is 344 g/mol. The lowest BCUT2D eigenvalue weighted by Crippen LogP contribution is -2.21. The van der Waals surface area contributed by atoms with Crippen molar-refractivity contribution in [3.63, 3.8) is 0 Å². The molecule has 1 saturated carbocycles. The Kier molecular flexibility index (Phi) is 8.71. The van der Waals surface area contributed by atoms with Gasteiger partial charge in [-0.15, -0.1) is 0 Å². The Hall–Kier alpha value is -1.64. The first-order valence-corrected chi connectivity index (χ1v) is 9.95. The van der Waals surface area contributed by atoms with Gasteiger partial charge in [0.25, 0.3) is 0 Å². The summed E-state index contributed by atoms with van der Waals surface area (Å²) in [5.41, 5.74) is 1.02. The highest BCUT2D eigenvalue weighted by Gasteiger charge is 2.28. The van der Waals surface area contributed by atoms with E-state index >= 15 is 0 Å². The molecule has 0 N–H and O–H groups in total. The van der Waals surface area contributed by atoms with Crippen molar-refractivity contribution in [3.8, 4) is 5.75 Å². The van der Waals surface area contributed by atoms with Crippen LogP contribution >= 0.6 is 0 Å². The van der Waals surface area contributed by atoms with Crippen molar-refractivity contribution in [2.24, 2.45) is 0 Å². The fraction of sp³-hybridized carbons (Fsp3) is 0.636. The minimum atomic E-state index is -0.0106. The minimum Gasteiger partial charge on any atom is -0.493 e. The maximum Gasteiger partial charge on any atom is 0.140 e. The van der Waals surface area contributed by atoms with Gasteiger partial charge in [-0.05, 0) is 18.1 Å². The summed E-state index contributed by atoms with van der Waals surface area (Å²) in [6.07, 6.45) is 11.3. The molecule has 0 aromatic heterocycles. The number of benzene rings is 1. The number of para-hydroxylation sites is 1. The van der Waals surface area contributed by atoms with Crippen LogP contribution in [0.3, 0.4) is 0 Å². The molecular weight excluding hydrogens is 312 g/mol. The van der Waals surface area contributed by atoms with Gasteiger partial charge in [0, 0.05) is 18.8 Å². The summed E-state index contributed by atoms with van der Waals surface area (Å²) < 4.78 is 5.98. The number of unbranched alkanes of at least 4 members (excludes halogenated alkanes) is 7.